The maximum Gasteiger partial charge on any atom is 0.173 e. The Balaban J connectivity index is 1.56. The van der Waals surface area contributed by atoms with Crippen molar-refractivity contribution >= 4 is 22.2 Å². The van der Waals surface area contributed by atoms with Gasteiger partial charge in [0, 0.05) is 54.2 Å². The molecular weight excluding hydrogens is 384 g/mol. The van der Waals surface area contributed by atoms with Gasteiger partial charge < -0.3 is 14.6 Å². The fourth-order valence-corrected chi connectivity index (χ4v) is 4.38. The zero-order valence-corrected chi connectivity index (χ0v) is 17.2. The van der Waals surface area contributed by atoms with Gasteiger partial charge in [-0.3, -0.25) is 0 Å². The zero-order valence-electron chi connectivity index (χ0n) is 17.2. The van der Waals surface area contributed by atoms with E-state index in [1.165, 1.54) is 6.07 Å². The number of pyridine rings is 2. The highest BCUT2D eigenvalue weighted by atomic mass is 19.1. The molecule has 7 heteroatoms. The van der Waals surface area contributed by atoms with Crippen LogP contribution in [0.2, 0.25) is 0 Å². The van der Waals surface area contributed by atoms with E-state index >= 15 is 4.39 Å². The molecule has 5 nitrogen and oxygen atoms in total. The summed E-state index contributed by atoms with van der Waals surface area (Å²) in [4.78, 5) is 10.9. The molecule has 3 aromatic heterocycles. The van der Waals surface area contributed by atoms with Gasteiger partial charge >= 0.3 is 0 Å². The van der Waals surface area contributed by atoms with Crippen LogP contribution in [-0.4, -0.2) is 39.5 Å². The van der Waals surface area contributed by atoms with Crippen molar-refractivity contribution in [3.05, 3.63) is 60.1 Å². The second kappa shape index (κ2) is 7.02. The van der Waals surface area contributed by atoms with Crippen molar-refractivity contribution in [1.82, 2.24) is 19.7 Å². The Kier molecular flexibility index (Phi) is 4.43. The first-order valence-electron chi connectivity index (χ1n) is 10.1. The number of aromatic nitrogens is 3. The summed E-state index contributed by atoms with van der Waals surface area (Å²) in [5.41, 5.74) is 3.24. The van der Waals surface area contributed by atoms with E-state index in [0.717, 1.165) is 29.9 Å². The van der Waals surface area contributed by atoms with Crippen molar-refractivity contribution in [1.29, 1.82) is 0 Å². The van der Waals surface area contributed by atoms with Gasteiger partial charge in [-0.2, -0.15) is 0 Å². The van der Waals surface area contributed by atoms with Crippen molar-refractivity contribution in [3.8, 4) is 11.3 Å². The molecule has 1 aliphatic rings. The van der Waals surface area contributed by atoms with Gasteiger partial charge in [0.1, 0.15) is 5.52 Å². The average molecular weight is 407 g/mol. The summed E-state index contributed by atoms with van der Waals surface area (Å²) in [6, 6.07) is 9.25. The molecule has 1 aromatic carbocycles. The van der Waals surface area contributed by atoms with Gasteiger partial charge in [-0.05, 0) is 45.0 Å². The number of halogens is 2. The highest BCUT2D eigenvalue weighted by Gasteiger charge is 2.22. The maximum atomic E-state index is 15.0. The van der Waals surface area contributed by atoms with E-state index in [4.69, 9.17) is 0 Å². The monoisotopic (exact) mass is 407 g/mol. The van der Waals surface area contributed by atoms with E-state index in [2.05, 4.69) is 34.0 Å². The third-order valence-corrected chi connectivity index (χ3v) is 5.58. The normalized spacial score (nSPS) is 19.7. The first-order chi connectivity index (χ1) is 14.4. The average Bonchev–Trinajstić information content (AvgIpc) is 3.08. The Labute approximate surface area is 173 Å². The number of imidazole rings is 1. The van der Waals surface area contributed by atoms with Gasteiger partial charge in [0.05, 0.1) is 11.4 Å². The predicted octanol–water partition coefficient (Wildman–Crippen LogP) is 4.32. The smallest absolute Gasteiger partial charge is 0.173 e. The third-order valence-electron chi connectivity index (χ3n) is 5.58. The quantitative estimate of drug-likeness (QED) is 0.538. The number of nitrogens with zero attached hydrogens (tertiary/aromatic N) is 4. The molecule has 0 amide bonds. The van der Waals surface area contributed by atoms with Crippen molar-refractivity contribution in [3.63, 3.8) is 0 Å². The molecule has 0 unspecified atom stereocenters. The highest BCUT2D eigenvalue weighted by Crippen LogP contribution is 2.29. The highest BCUT2D eigenvalue weighted by molar-refractivity contribution is 5.85. The van der Waals surface area contributed by atoms with E-state index in [0.29, 0.717) is 23.3 Å². The first-order valence-corrected chi connectivity index (χ1v) is 10.1. The number of benzene rings is 1. The Morgan fingerprint density at radius 1 is 0.967 bits per heavy atom. The molecule has 0 radical (unpaired) electrons. The lowest BCUT2D eigenvalue weighted by molar-refractivity contribution is 0.407. The van der Waals surface area contributed by atoms with E-state index in [1.807, 2.05) is 19.1 Å². The van der Waals surface area contributed by atoms with E-state index in [1.54, 1.807) is 28.9 Å². The summed E-state index contributed by atoms with van der Waals surface area (Å²) in [6.07, 6.45) is 3.52. The molecular formula is C23H23F2N5. The Morgan fingerprint density at radius 2 is 1.73 bits per heavy atom. The molecule has 0 aliphatic carbocycles. The zero-order chi connectivity index (χ0) is 21.0. The SMILES string of the molecule is Cc1cn2cc(-c3ccc4cc(N5C[C@H](C)N[C@@H](C)C5)cc(F)c4n3)cc(F)c2n1. The summed E-state index contributed by atoms with van der Waals surface area (Å²) in [5, 5.41) is 4.22. The van der Waals surface area contributed by atoms with Crippen LogP contribution in [0.5, 0.6) is 0 Å². The number of nitrogens with one attached hydrogen (secondary N) is 1. The van der Waals surface area contributed by atoms with Crippen molar-refractivity contribution in [2.24, 2.45) is 0 Å². The second-order valence-corrected chi connectivity index (χ2v) is 8.26. The molecule has 1 aliphatic heterocycles. The van der Waals surface area contributed by atoms with Crippen LogP contribution in [-0.2, 0) is 0 Å². The molecule has 154 valence electrons. The van der Waals surface area contributed by atoms with Crippen molar-refractivity contribution < 1.29 is 8.78 Å². The molecule has 30 heavy (non-hydrogen) atoms. The summed E-state index contributed by atoms with van der Waals surface area (Å²) in [6.45, 7) is 7.72. The standard InChI is InChI=1S/C23H23F2N5/c1-13-9-29(10-14(2)26-13)18-6-16-4-5-21(28-22(16)19(24)8-18)17-7-20(25)23-27-15(3)11-30(23)12-17/h4-8,11-14,26H,9-10H2,1-3H3/t13-,14-/m0/s1. The summed E-state index contributed by atoms with van der Waals surface area (Å²) >= 11 is 0. The van der Waals surface area contributed by atoms with Crippen LogP contribution in [0.15, 0.2) is 42.7 Å². The molecule has 5 rings (SSSR count). The summed E-state index contributed by atoms with van der Waals surface area (Å²) < 4.78 is 31.1. The number of hydrogen-bond acceptors (Lipinski definition) is 4. The van der Waals surface area contributed by atoms with Crippen molar-refractivity contribution in [2.45, 2.75) is 32.9 Å². The lowest BCUT2D eigenvalue weighted by Gasteiger charge is -2.37. The molecule has 1 fully saturated rings. The minimum atomic E-state index is -0.430. The third kappa shape index (κ3) is 3.29. The fraction of sp³-hybridized carbons (Fsp3) is 0.304. The fourth-order valence-electron chi connectivity index (χ4n) is 4.38. The van der Waals surface area contributed by atoms with Crippen LogP contribution < -0.4 is 10.2 Å². The van der Waals surface area contributed by atoms with Crippen LogP contribution in [0, 0.1) is 18.6 Å². The van der Waals surface area contributed by atoms with Crippen LogP contribution in [0.3, 0.4) is 0 Å². The van der Waals surface area contributed by atoms with E-state index in [9.17, 15) is 4.39 Å². The topological polar surface area (TPSA) is 45.5 Å². The van der Waals surface area contributed by atoms with E-state index in [-0.39, 0.29) is 17.0 Å². The first kappa shape index (κ1) is 18.9. The summed E-state index contributed by atoms with van der Waals surface area (Å²) in [7, 11) is 0. The number of aryl methyl sites for hydroxylation is 1. The Bertz CT molecular complexity index is 1260. The Hall–Kier alpha value is -3.06. The lowest BCUT2D eigenvalue weighted by atomic mass is 10.1. The molecule has 0 bridgehead atoms. The van der Waals surface area contributed by atoms with E-state index < -0.39 is 5.82 Å². The van der Waals surface area contributed by atoms with Gasteiger partial charge in [0.15, 0.2) is 17.3 Å². The molecule has 2 atom stereocenters. The molecule has 1 N–H and O–H groups in total. The number of hydrogen-bond donors (Lipinski definition) is 1. The number of rotatable bonds is 2. The van der Waals surface area contributed by atoms with Gasteiger partial charge in [0.2, 0.25) is 0 Å². The van der Waals surface area contributed by atoms with Crippen LogP contribution in [0.1, 0.15) is 19.5 Å². The molecule has 4 heterocycles. The minimum absolute atomic E-state index is 0.271. The molecule has 1 saturated heterocycles. The largest absolute Gasteiger partial charge is 0.368 e. The second-order valence-electron chi connectivity index (χ2n) is 8.26. The van der Waals surface area contributed by atoms with Crippen LogP contribution in [0.25, 0.3) is 27.8 Å². The number of piperazine rings is 1. The molecule has 0 spiro atoms. The molecule has 4 aromatic rings. The maximum absolute atomic E-state index is 15.0. The predicted molar refractivity (Wildman–Crippen MR) is 115 cm³/mol. The van der Waals surface area contributed by atoms with Gasteiger partial charge in [-0.15, -0.1) is 0 Å². The number of anilines is 1. The minimum Gasteiger partial charge on any atom is -0.368 e. The summed E-state index contributed by atoms with van der Waals surface area (Å²) in [5.74, 6) is -0.802. The van der Waals surface area contributed by atoms with Crippen molar-refractivity contribution in [2.75, 3.05) is 18.0 Å². The molecule has 0 saturated carbocycles. The lowest BCUT2D eigenvalue weighted by Crippen LogP contribution is -2.54. The van der Waals surface area contributed by atoms with Gasteiger partial charge in [-0.25, -0.2) is 18.7 Å². The van der Waals surface area contributed by atoms with Crippen LogP contribution in [0.4, 0.5) is 14.5 Å². The number of fused-ring (bicyclic) bond motifs is 2. The Morgan fingerprint density at radius 3 is 2.50 bits per heavy atom. The van der Waals surface area contributed by atoms with Gasteiger partial charge in [-0.1, -0.05) is 6.07 Å². The van der Waals surface area contributed by atoms with Gasteiger partial charge in [0.25, 0.3) is 0 Å². The van der Waals surface area contributed by atoms with Crippen LogP contribution >= 0.6 is 0 Å².